The number of hydrogen-bond donors (Lipinski definition) is 1. The maximum Gasteiger partial charge on any atom is 0.125 e. The summed E-state index contributed by atoms with van der Waals surface area (Å²) in [5.41, 5.74) is 1.01. The summed E-state index contributed by atoms with van der Waals surface area (Å²) in [7, 11) is 0. The molecule has 0 amide bonds. The van der Waals surface area contributed by atoms with Crippen LogP contribution in [0.15, 0.2) is 24.3 Å². The molecule has 1 saturated carbocycles. The smallest absolute Gasteiger partial charge is 0.125 e. The van der Waals surface area contributed by atoms with Crippen molar-refractivity contribution in [1.29, 1.82) is 0 Å². The summed E-state index contributed by atoms with van der Waals surface area (Å²) < 4.78 is 5.52. The first-order valence-electron chi connectivity index (χ1n) is 5.57. The van der Waals surface area contributed by atoms with Gasteiger partial charge in [0, 0.05) is 5.56 Å². The topological polar surface area (TPSA) is 29.5 Å². The predicted molar refractivity (Wildman–Crippen MR) is 59.9 cm³/mol. The van der Waals surface area contributed by atoms with Crippen LogP contribution in [0, 0.1) is 5.41 Å². The van der Waals surface area contributed by atoms with Gasteiger partial charge in [-0.2, -0.15) is 0 Å². The molecular formula is C13H18O2. The summed E-state index contributed by atoms with van der Waals surface area (Å²) in [6, 6.07) is 7.77. The second kappa shape index (κ2) is 3.86. The third-order valence-corrected chi connectivity index (χ3v) is 3.21. The van der Waals surface area contributed by atoms with Gasteiger partial charge in [-0.3, -0.25) is 0 Å². The Balaban J connectivity index is 2.26. The maximum absolute atomic E-state index is 10.2. The van der Waals surface area contributed by atoms with Crippen molar-refractivity contribution in [3.05, 3.63) is 29.8 Å². The van der Waals surface area contributed by atoms with Crippen LogP contribution >= 0.6 is 0 Å². The van der Waals surface area contributed by atoms with Crippen LogP contribution in [0.2, 0.25) is 0 Å². The number of hydrogen-bond acceptors (Lipinski definition) is 2. The van der Waals surface area contributed by atoms with Crippen molar-refractivity contribution in [2.45, 2.75) is 32.8 Å². The van der Waals surface area contributed by atoms with E-state index in [2.05, 4.69) is 6.92 Å². The highest BCUT2D eigenvalue weighted by atomic mass is 16.5. The van der Waals surface area contributed by atoms with Crippen LogP contribution in [0.5, 0.6) is 5.75 Å². The van der Waals surface area contributed by atoms with Gasteiger partial charge in [-0.05, 0) is 31.2 Å². The molecule has 82 valence electrons. The number of para-hydroxylation sites is 1. The molecule has 0 heterocycles. The highest BCUT2D eigenvalue weighted by Crippen LogP contribution is 2.55. The van der Waals surface area contributed by atoms with Gasteiger partial charge < -0.3 is 9.84 Å². The highest BCUT2D eigenvalue weighted by Gasteiger charge is 2.45. The third kappa shape index (κ3) is 2.00. The van der Waals surface area contributed by atoms with Crippen molar-refractivity contribution < 1.29 is 9.84 Å². The Kier molecular flexibility index (Phi) is 2.70. The first-order valence-corrected chi connectivity index (χ1v) is 5.57. The maximum atomic E-state index is 10.2. The quantitative estimate of drug-likeness (QED) is 0.820. The number of aliphatic hydroxyl groups is 1. The van der Waals surface area contributed by atoms with E-state index in [0.717, 1.165) is 24.2 Å². The molecule has 1 unspecified atom stereocenters. The molecule has 0 bridgehead atoms. The molecule has 15 heavy (non-hydrogen) atoms. The Morgan fingerprint density at radius 2 is 2.07 bits per heavy atom. The van der Waals surface area contributed by atoms with Crippen LogP contribution in [0.3, 0.4) is 0 Å². The molecule has 1 aliphatic rings. The van der Waals surface area contributed by atoms with Gasteiger partial charge in [0.05, 0.1) is 12.7 Å². The van der Waals surface area contributed by atoms with E-state index in [1.165, 1.54) is 0 Å². The number of ether oxygens (including phenoxy) is 1. The second-order valence-electron chi connectivity index (χ2n) is 4.53. The average Bonchev–Trinajstić information content (AvgIpc) is 2.98. The first-order chi connectivity index (χ1) is 7.17. The Hall–Kier alpha value is -1.02. The standard InChI is InChI=1S/C13H18O2/c1-3-15-11-7-5-4-6-10(11)12(14)13(2)8-9-13/h4-7,12,14H,3,8-9H2,1-2H3. The van der Waals surface area contributed by atoms with E-state index < -0.39 is 0 Å². The summed E-state index contributed by atoms with van der Waals surface area (Å²) in [5.74, 6) is 0.820. The van der Waals surface area contributed by atoms with E-state index in [1.54, 1.807) is 0 Å². The van der Waals surface area contributed by atoms with Gasteiger partial charge in [0.1, 0.15) is 5.75 Å². The van der Waals surface area contributed by atoms with Crippen molar-refractivity contribution >= 4 is 0 Å². The Bertz CT molecular complexity index is 342. The number of rotatable bonds is 4. The van der Waals surface area contributed by atoms with E-state index in [9.17, 15) is 5.11 Å². The Morgan fingerprint density at radius 1 is 1.40 bits per heavy atom. The summed E-state index contributed by atoms with van der Waals surface area (Å²) in [6.45, 7) is 4.73. The fourth-order valence-electron chi connectivity index (χ4n) is 1.84. The zero-order chi connectivity index (χ0) is 10.9. The number of aliphatic hydroxyl groups excluding tert-OH is 1. The minimum Gasteiger partial charge on any atom is -0.493 e. The van der Waals surface area contributed by atoms with Gasteiger partial charge >= 0.3 is 0 Å². The van der Waals surface area contributed by atoms with Crippen LogP contribution in [0.1, 0.15) is 38.4 Å². The van der Waals surface area contributed by atoms with Crippen LogP contribution < -0.4 is 4.74 Å². The van der Waals surface area contributed by atoms with Crippen molar-refractivity contribution in [3.63, 3.8) is 0 Å². The lowest BCUT2D eigenvalue weighted by Gasteiger charge is -2.20. The lowest BCUT2D eigenvalue weighted by molar-refractivity contribution is 0.0999. The molecule has 0 aromatic heterocycles. The summed E-state index contributed by atoms with van der Waals surface area (Å²) in [5, 5.41) is 10.2. The fraction of sp³-hybridized carbons (Fsp3) is 0.538. The van der Waals surface area contributed by atoms with Crippen LogP contribution in [-0.4, -0.2) is 11.7 Å². The van der Waals surface area contributed by atoms with Gasteiger partial charge in [0.2, 0.25) is 0 Å². The molecule has 1 atom stereocenters. The molecule has 0 radical (unpaired) electrons. The molecule has 1 aliphatic carbocycles. The lowest BCUT2D eigenvalue weighted by atomic mass is 9.94. The minimum absolute atomic E-state index is 0.0766. The molecule has 1 fully saturated rings. The zero-order valence-corrected chi connectivity index (χ0v) is 9.36. The summed E-state index contributed by atoms with van der Waals surface area (Å²) in [4.78, 5) is 0. The molecule has 2 heteroatoms. The van der Waals surface area contributed by atoms with Gasteiger partial charge in [-0.15, -0.1) is 0 Å². The molecule has 0 spiro atoms. The summed E-state index contributed by atoms with van der Waals surface area (Å²) in [6.07, 6.45) is 1.82. The van der Waals surface area contributed by atoms with E-state index in [-0.39, 0.29) is 11.5 Å². The van der Waals surface area contributed by atoms with Crippen molar-refractivity contribution in [3.8, 4) is 5.75 Å². The van der Waals surface area contributed by atoms with Gasteiger partial charge in [-0.1, -0.05) is 25.1 Å². The van der Waals surface area contributed by atoms with Crippen LogP contribution in [0.25, 0.3) is 0 Å². The monoisotopic (exact) mass is 206 g/mol. The van der Waals surface area contributed by atoms with Gasteiger partial charge in [-0.25, -0.2) is 0 Å². The van der Waals surface area contributed by atoms with Crippen molar-refractivity contribution in [2.24, 2.45) is 5.41 Å². The Labute approximate surface area is 90.9 Å². The zero-order valence-electron chi connectivity index (χ0n) is 9.36. The minimum atomic E-state index is -0.389. The van der Waals surface area contributed by atoms with Gasteiger partial charge in [0.15, 0.2) is 0 Å². The van der Waals surface area contributed by atoms with E-state index in [1.807, 2.05) is 31.2 Å². The number of benzene rings is 1. The lowest BCUT2D eigenvalue weighted by Crippen LogP contribution is -2.11. The second-order valence-corrected chi connectivity index (χ2v) is 4.53. The van der Waals surface area contributed by atoms with E-state index in [4.69, 9.17) is 4.74 Å². The molecule has 2 rings (SSSR count). The van der Waals surface area contributed by atoms with E-state index in [0.29, 0.717) is 6.61 Å². The molecule has 1 aromatic rings. The third-order valence-electron chi connectivity index (χ3n) is 3.21. The fourth-order valence-corrected chi connectivity index (χ4v) is 1.84. The molecule has 0 saturated heterocycles. The molecule has 1 aromatic carbocycles. The van der Waals surface area contributed by atoms with E-state index >= 15 is 0 Å². The predicted octanol–water partition coefficient (Wildman–Crippen LogP) is 2.92. The average molecular weight is 206 g/mol. The molecular weight excluding hydrogens is 188 g/mol. The largest absolute Gasteiger partial charge is 0.493 e. The molecule has 0 aliphatic heterocycles. The van der Waals surface area contributed by atoms with Crippen molar-refractivity contribution in [2.75, 3.05) is 6.61 Å². The molecule has 2 nitrogen and oxygen atoms in total. The Morgan fingerprint density at radius 3 is 2.67 bits per heavy atom. The normalized spacial score (nSPS) is 19.7. The van der Waals surface area contributed by atoms with Crippen LogP contribution in [-0.2, 0) is 0 Å². The van der Waals surface area contributed by atoms with Crippen molar-refractivity contribution in [1.82, 2.24) is 0 Å². The first kappa shape index (κ1) is 10.5. The highest BCUT2D eigenvalue weighted by molar-refractivity contribution is 5.36. The SMILES string of the molecule is CCOc1ccccc1C(O)C1(C)CC1. The van der Waals surface area contributed by atoms with Gasteiger partial charge in [0.25, 0.3) is 0 Å². The van der Waals surface area contributed by atoms with Crippen LogP contribution in [0.4, 0.5) is 0 Å². The summed E-state index contributed by atoms with van der Waals surface area (Å²) >= 11 is 0. The molecule has 1 N–H and O–H groups in total.